The lowest BCUT2D eigenvalue weighted by Gasteiger charge is -2.55. The van der Waals surface area contributed by atoms with Crippen molar-refractivity contribution >= 4 is 5.97 Å². The Morgan fingerprint density at radius 2 is 1.74 bits per heavy atom. The van der Waals surface area contributed by atoms with Gasteiger partial charge in [0.1, 0.15) is 12.4 Å². The predicted octanol–water partition coefficient (Wildman–Crippen LogP) is 4.26. The number of carbonyl (C=O) groups excluding carboxylic acids is 1. The first-order chi connectivity index (χ1) is 11.1. The standard InChI is InChI=1S/C20H26O3/c1-13-3-4-18(22-2)17(5-13)12-23-19(21)20-9-14-6-15(10-20)8-16(7-14)11-20/h3-5,14-16H,6-12H2,1-2H3. The molecule has 0 heterocycles. The molecule has 5 rings (SSSR count). The maximum atomic E-state index is 12.9. The minimum atomic E-state index is -0.175. The van der Waals surface area contributed by atoms with Gasteiger partial charge in [-0.1, -0.05) is 11.6 Å². The molecule has 0 saturated heterocycles. The molecule has 1 aromatic rings. The van der Waals surface area contributed by atoms with Crippen molar-refractivity contribution in [3.05, 3.63) is 29.3 Å². The normalized spacial score (nSPS) is 34.4. The molecule has 0 unspecified atom stereocenters. The van der Waals surface area contributed by atoms with Gasteiger partial charge in [0.15, 0.2) is 0 Å². The fourth-order valence-electron chi connectivity index (χ4n) is 5.68. The summed E-state index contributed by atoms with van der Waals surface area (Å²) in [7, 11) is 1.66. The summed E-state index contributed by atoms with van der Waals surface area (Å²) in [6.45, 7) is 2.37. The Kier molecular flexibility index (Phi) is 3.62. The van der Waals surface area contributed by atoms with Crippen molar-refractivity contribution in [3.63, 3.8) is 0 Å². The van der Waals surface area contributed by atoms with E-state index in [0.29, 0.717) is 6.61 Å². The van der Waals surface area contributed by atoms with E-state index in [0.717, 1.165) is 53.9 Å². The van der Waals surface area contributed by atoms with Crippen LogP contribution in [-0.4, -0.2) is 13.1 Å². The van der Waals surface area contributed by atoms with Crippen LogP contribution in [0.4, 0.5) is 0 Å². The number of hydrogen-bond donors (Lipinski definition) is 0. The van der Waals surface area contributed by atoms with E-state index >= 15 is 0 Å². The molecule has 1 aromatic carbocycles. The van der Waals surface area contributed by atoms with Crippen molar-refractivity contribution in [3.8, 4) is 5.75 Å². The van der Waals surface area contributed by atoms with Crippen molar-refractivity contribution in [1.29, 1.82) is 0 Å². The first-order valence-corrected chi connectivity index (χ1v) is 8.89. The first kappa shape index (κ1) is 15.0. The molecule has 4 aliphatic rings. The smallest absolute Gasteiger partial charge is 0.312 e. The van der Waals surface area contributed by atoms with Crippen LogP contribution in [0.2, 0.25) is 0 Å². The van der Waals surface area contributed by atoms with E-state index in [1.165, 1.54) is 19.3 Å². The monoisotopic (exact) mass is 314 g/mol. The molecule has 4 bridgehead atoms. The van der Waals surface area contributed by atoms with Gasteiger partial charge in [-0.15, -0.1) is 0 Å². The lowest BCUT2D eigenvalue weighted by molar-refractivity contribution is -0.173. The number of methoxy groups -OCH3 is 1. The van der Waals surface area contributed by atoms with Gasteiger partial charge in [-0.05, 0) is 75.3 Å². The summed E-state index contributed by atoms with van der Waals surface area (Å²) in [4.78, 5) is 12.9. The number of esters is 1. The average Bonchev–Trinajstić information content (AvgIpc) is 2.51. The summed E-state index contributed by atoms with van der Waals surface area (Å²) < 4.78 is 11.2. The van der Waals surface area contributed by atoms with Gasteiger partial charge in [0.2, 0.25) is 0 Å². The molecular formula is C20H26O3. The SMILES string of the molecule is COc1ccc(C)cc1COC(=O)C12CC3CC(CC(C3)C1)C2. The van der Waals surface area contributed by atoms with Crippen molar-refractivity contribution in [2.75, 3.05) is 7.11 Å². The van der Waals surface area contributed by atoms with Crippen LogP contribution in [0, 0.1) is 30.1 Å². The van der Waals surface area contributed by atoms with Crippen LogP contribution < -0.4 is 4.74 Å². The fourth-order valence-corrected chi connectivity index (χ4v) is 5.68. The highest BCUT2D eigenvalue weighted by Crippen LogP contribution is 2.60. The Morgan fingerprint density at radius 1 is 1.13 bits per heavy atom. The number of rotatable bonds is 4. The quantitative estimate of drug-likeness (QED) is 0.779. The third-order valence-electron chi connectivity index (χ3n) is 6.27. The van der Waals surface area contributed by atoms with E-state index in [1.54, 1.807) is 7.11 Å². The van der Waals surface area contributed by atoms with Crippen LogP contribution in [0.15, 0.2) is 18.2 Å². The van der Waals surface area contributed by atoms with Crippen LogP contribution >= 0.6 is 0 Å². The molecule has 4 saturated carbocycles. The van der Waals surface area contributed by atoms with Crippen molar-refractivity contribution in [1.82, 2.24) is 0 Å². The summed E-state index contributed by atoms with van der Waals surface area (Å²) in [6, 6.07) is 6.01. The molecule has 0 atom stereocenters. The second kappa shape index (κ2) is 5.54. The predicted molar refractivity (Wildman–Crippen MR) is 88.1 cm³/mol. The van der Waals surface area contributed by atoms with Crippen LogP contribution in [0.1, 0.15) is 49.7 Å². The molecule has 3 heteroatoms. The second-order valence-corrected chi connectivity index (χ2v) is 8.09. The molecule has 0 aliphatic heterocycles. The third kappa shape index (κ3) is 2.64. The highest BCUT2D eigenvalue weighted by Gasteiger charge is 2.55. The van der Waals surface area contributed by atoms with Crippen LogP contribution in [-0.2, 0) is 16.1 Å². The molecule has 0 radical (unpaired) electrons. The number of aryl methyl sites for hydroxylation is 1. The maximum Gasteiger partial charge on any atom is 0.312 e. The lowest BCUT2D eigenvalue weighted by Crippen LogP contribution is -2.50. The molecule has 4 aliphatic carbocycles. The molecule has 124 valence electrons. The van der Waals surface area contributed by atoms with Crippen LogP contribution in [0.25, 0.3) is 0 Å². The summed E-state index contributed by atoms with van der Waals surface area (Å²) in [5, 5.41) is 0. The number of carbonyl (C=O) groups is 1. The largest absolute Gasteiger partial charge is 0.496 e. The van der Waals surface area contributed by atoms with Gasteiger partial charge in [-0.25, -0.2) is 0 Å². The van der Waals surface area contributed by atoms with Gasteiger partial charge in [0.25, 0.3) is 0 Å². The van der Waals surface area contributed by atoms with Crippen molar-refractivity contribution in [2.45, 2.75) is 52.1 Å². The molecular weight excluding hydrogens is 288 g/mol. The highest BCUT2D eigenvalue weighted by molar-refractivity contribution is 5.77. The maximum absolute atomic E-state index is 12.9. The van der Waals surface area contributed by atoms with Gasteiger partial charge < -0.3 is 9.47 Å². The number of hydrogen-bond acceptors (Lipinski definition) is 3. The van der Waals surface area contributed by atoms with E-state index in [-0.39, 0.29) is 11.4 Å². The Morgan fingerprint density at radius 3 is 2.30 bits per heavy atom. The Labute approximate surface area is 138 Å². The van der Waals surface area contributed by atoms with Gasteiger partial charge in [0, 0.05) is 5.56 Å². The van der Waals surface area contributed by atoms with Crippen molar-refractivity contribution < 1.29 is 14.3 Å². The zero-order valence-electron chi connectivity index (χ0n) is 14.1. The van der Waals surface area contributed by atoms with E-state index < -0.39 is 0 Å². The third-order valence-corrected chi connectivity index (χ3v) is 6.27. The number of benzene rings is 1. The average molecular weight is 314 g/mol. The summed E-state index contributed by atoms with van der Waals surface area (Å²) in [5.41, 5.74) is 1.95. The van der Waals surface area contributed by atoms with Gasteiger partial charge >= 0.3 is 5.97 Å². The molecule has 0 aromatic heterocycles. The molecule has 0 N–H and O–H groups in total. The summed E-state index contributed by atoms with van der Waals surface area (Å²) >= 11 is 0. The van der Waals surface area contributed by atoms with Gasteiger partial charge in [-0.3, -0.25) is 4.79 Å². The Hall–Kier alpha value is -1.51. The zero-order chi connectivity index (χ0) is 16.0. The van der Waals surface area contributed by atoms with Crippen molar-refractivity contribution in [2.24, 2.45) is 23.2 Å². The van der Waals surface area contributed by atoms with E-state index in [4.69, 9.17) is 9.47 Å². The number of ether oxygens (including phenoxy) is 2. The molecule has 23 heavy (non-hydrogen) atoms. The fraction of sp³-hybridized carbons (Fsp3) is 0.650. The van der Waals surface area contributed by atoms with E-state index in [9.17, 15) is 4.79 Å². The molecule has 0 spiro atoms. The van der Waals surface area contributed by atoms with E-state index in [2.05, 4.69) is 0 Å². The Bertz CT molecular complexity index is 584. The first-order valence-electron chi connectivity index (χ1n) is 8.89. The van der Waals surface area contributed by atoms with Crippen LogP contribution in [0.3, 0.4) is 0 Å². The molecule has 4 fully saturated rings. The van der Waals surface area contributed by atoms with Gasteiger partial charge in [-0.2, -0.15) is 0 Å². The lowest BCUT2D eigenvalue weighted by atomic mass is 9.49. The van der Waals surface area contributed by atoms with Gasteiger partial charge in [0.05, 0.1) is 12.5 Å². The van der Waals surface area contributed by atoms with E-state index in [1.807, 2.05) is 25.1 Å². The summed E-state index contributed by atoms with van der Waals surface area (Å²) in [6.07, 6.45) is 7.21. The Balaban J connectivity index is 1.47. The minimum Gasteiger partial charge on any atom is -0.496 e. The summed E-state index contributed by atoms with van der Waals surface area (Å²) in [5.74, 6) is 3.14. The second-order valence-electron chi connectivity index (χ2n) is 8.09. The minimum absolute atomic E-state index is 0.0418. The highest BCUT2D eigenvalue weighted by atomic mass is 16.5. The zero-order valence-corrected chi connectivity index (χ0v) is 14.1. The topological polar surface area (TPSA) is 35.5 Å². The molecule has 0 amide bonds. The van der Waals surface area contributed by atoms with Crippen LogP contribution in [0.5, 0.6) is 5.75 Å². The molecule has 3 nitrogen and oxygen atoms in total.